The van der Waals surface area contributed by atoms with Crippen molar-refractivity contribution in [3.05, 3.63) is 50.4 Å². The zero-order chi connectivity index (χ0) is 14.0. The van der Waals surface area contributed by atoms with Crippen molar-refractivity contribution in [2.45, 2.75) is 26.8 Å². The van der Waals surface area contributed by atoms with Crippen LogP contribution in [0.3, 0.4) is 0 Å². The van der Waals surface area contributed by atoms with Crippen LogP contribution >= 0.6 is 27.3 Å². The monoisotopic (exact) mass is 341 g/mol. The van der Waals surface area contributed by atoms with Gasteiger partial charge in [-0.1, -0.05) is 19.9 Å². The summed E-state index contributed by atoms with van der Waals surface area (Å²) >= 11 is 4.99. The molecule has 1 nitrogen and oxygen atoms in total. The number of aryl methyl sites for hydroxylation is 1. The van der Waals surface area contributed by atoms with Crippen LogP contribution < -0.4 is 5.32 Å². The summed E-state index contributed by atoms with van der Waals surface area (Å²) in [4.78, 5) is 1.30. The maximum Gasteiger partial charge on any atom is 0.137 e. The minimum Gasteiger partial charge on any atom is -0.377 e. The fourth-order valence-electron chi connectivity index (χ4n) is 2.00. The van der Waals surface area contributed by atoms with Crippen LogP contribution in [0.5, 0.6) is 0 Å². The van der Waals surface area contributed by atoms with Gasteiger partial charge in [0.2, 0.25) is 0 Å². The zero-order valence-corrected chi connectivity index (χ0v) is 13.6. The smallest absolute Gasteiger partial charge is 0.137 e. The predicted molar refractivity (Wildman–Crippen MR) is 84.4 cm³/mol. The van der Waals surface area contributed by atoms with Crippen molar-refractivity contribution in [1.82, 2.24) is 0 Å². The zero-order valence-electron chi connectivity index (χ0n) is 11.2. The van der Waals surface area contributed by atoms with E-state index in [2.05, 4.69) is 52.6 Å². The Bertz CT molecular complexity index is 552. The number of rotatable bonds is 4. The molecule has 0 amide bonds. The van der Waals surface area contributed by atoms with Crippen molar-refractivity contribution >= 4 is 33.0 Å². The average molecular weight is 342 g/mol. The van der Waals surface area contributed by atoms with Gasteiger partial charge in [0.25, 0.3) is 0 Å². The number of benzene rings is 1. The highest BCUT2D eigenvalue weighted by Crippen LogP contribution is 2.32. The molecule has 0 saturated heterocycles. The quantitative estimate of drug-likeness (QED) is 0.744. The number of hydrogen-bond donors (Lipinski definition) is 1. The second kappa shape index (κ2) is 6.06. The second-order valence-electron chi connectivity index (χ2n) is 4.96. The summed E-state index contributed by atoms with van der Waals surface area (Å²) < 4.78 is 14.0. The molecule has 1 heterocycles. The maximum atomic E-state index is 13.5. The van der Waals surface area contributed by atoms with E-state index in [0.29, 0.717) is 10.4 Å². The first-order valence-electron chi connectivity index (χ1n) is 6.24. The Hall–Kier alpha value is -0.870. The summed E-state index contributed by atoms with van der Waals surface area (Å²) in [5.74, 6) is 0.238. The summed E-state index contributed by atoms with van der Waals surface area (Å²) in [6, 6.07) is 7.81. The first-order chi connectivity index (χ1) is 8.99. The van der Waals surface area contributed by atoms with Crippen molar-refractivity contribution in [3.63, 3.8) is 0 Å². The molecular weight excluding hydrogens is 325 g/mol. The first-order valence-corrected chi connectivity index (χ1v) is 7.92. The Morgan fingerprint density at radius 3 is 2.63 bits per heavy atom. The van der Waals surface area contributed by atoms with Crippen molar-refractivity contribution in [3.8, 4) is 0 Å². The number of halogens is 2. The van der Waals surface area contributed by atoms with Gasteiger partial charge >= 0.3 is 0 Å². The molecule has 1 aromatic heterocycles. The topological polar surface area (TPSA) is 12.0 Å². The third-order valence-corrected chi connectivity index (χ3v) is 4.66. The molecule has 0 spiro atoms. The molecule has 0 bridgehead atoms. The van der Waals surface area contributed by atoms with Gasteiger partial charge < -0.3 is 5.32 Å². The summed E-state index contributed by atoms with van der Waals surface area (Å²) in [6.07, 6.45) is 0. The summed E-state index contributed by atoms with van der Waals surface area (Å²) in [5, 5.41) is 5.61. The Morgan fingerprint density at radius 2 is 2.05 bits per heavy atom. The number of thiophene rings is 1. The van der Waals surface area contributed by atoms with E-state index in [9.17, 15) is 4.39 Å². The number of hydrogen-bond acceptors (Lipinski definition) is 2. The molecule has 0 saturated carbocycles. The van der Waals surface area contributed by atoms with Crippen LogP contribution in [0, 0.1) is 18.7 Å². The van der Waals surface area contributed by atoms with Gasteiger partial charge in [-0.05, 0) is 57.9 Å². The molecule has 1 N–H and O–H groups in total. The van der Waals surface area contributed by atoms with Crippen LogP contribution in [0.2, 0.25) is 0 Å². The van der Waals surface area contributed by atoms with Gasteiger partial charge in [-0.15, -0.1) is 11.3 Å². The molecule has 0 aliphatic heterocycles. The Labute approximate surface area is 126 Å². The normalized spacial score (nSPS) is 12.7. The fourth-order valence-corrected chi connectivity index (χ4v) is 3.30. The molecule has 0 radical (unpaired) electrons. The molecular formula is C15H17BrFNS. The third-order valence-electron chi connectivity index (χ3n) is 3.09. The van der Waals surface area contributed by atoms with Crippen molar-refractivity contribution in [2.75, 3.05) is 5.32 Å². The molecule has 0 fully saturated rings. The van der Waals surface area contributed by atoms with Gasteiger partial charge in [0, 0.05) is 10.6 Å². The molecule has 1 aromatic carbocycles. The van der Waals surface area contributed by atoms with Gasteiger partial charge in [-0.3, -0.25) is 0 Å². The third kappa shape index (κ3) is 3.37. The fraction of sp³-hybridized carbons (Fsp3) is 0.333. The van der Waals surface area contributed by atoms with Crippen LogP contribution in [-0.4, -0.2) is 0 Å². The average Bonchev–Trinajstić information content (AvgIpc) is 2.85. The van der Waals surface area contributed by atoms with Crippen LogP contribution in [-0.2, 0) is 0 Å². The Morgan fingerprint density at radius 1 is 1.32 bits per heavy atom. The van der Waals surface area contributed by atoms with Gasteiger partial charge in [0.05, 0.1) is 10.5 Å². The molecule has 19 heavy (non-hydrogen) atoms. The van der Waals surface area contributed by atoms with Crippen LogP contribution in [0.4, 0.5) is 10.1 Å². The lowest BCUT2D eigenvalue weighted by Crippen LogP contribution is -2.16. The van der Waals surface area contributed by atoms with E-state index >= 15 is 0 Å². The highest BCUT2D eigenvalue weighted by Gasteiger charge is 2.18. The maximum absolute atomic E-state index is 13.5. The van der Waals surface area contributed by atoms with E-state index in [-0.39, 0.29) is 11.9 Å². The standard InChI is InChI=1S/C15H17BrFNS/c1-9(2)15(14-5-4-6-19-14)18-13-8-11(16)12(17)7-10(13)3/h4-9,15,18H,1-3H3. The van der Waals surface area contributed by atoms with Gasteiger partial charge in [0.15, 0.2) is 0 Å². The van der Waals surface area contributed by atoms with Gasteiger partial charge in [0.1, 0.15) is 5.82 Å². The van der Waals surface area contributed by atoms with E-state index < -0.39 is 0 Å². The van der Waals surface area contributed by atoms with E-state index in [0.717, 1.165) is 11.3 Å². The molecule has 2 rings (SSSR count). The van der Waals surface area contributed by atoms with Crippen LogP contribution in [0.25, 0.3) is 0 Å². The number of nitrogens with one attached hydrogen (secondary N) is 1. The first kappa shape index (κ1) is 14.5. The molecule has 102 valence electrons. The summed E-state index contributed by atoms with van der Waals surface area (Å²) in [7, 11) is 0. The molecule has 1 unspecified atom stereocenters. The predicted octanol–water partition coefficient (Wildman–Crippen LogP) is 5.77. The number of anilines is 1. The van der Waals surface area contributed by atoms with E-state index in [1.807, 2.05) is 13.0 Å². The molecule has 4 heteroatoms. The second-order valence-corrected chi connectivity index (χ2v) is 6.80. The summed E-state index contributed by atoms with van der Waals surface area (Å²) in [5.41, 5.74) is 1.89. The Balaban J connectivity index is 2.30. The summed E-state index contributed by atoms with van der Waals surface area (Å²) in [6.45, 7) is 6.29. The minimum absolute atomic E-state index is 0.222. The van der Waals surface area contributed by atoms with E-state index in [1.165, 1.54) is 4.88 Å². The highest BCUT2D eigenvalue weighted by atomic mass is 79.9. The van der Waals surface area contributed by atoms with E-state index in [4.69, 9.17) is 0 Å². The lowest BCUT2D eigenvalue weighted by molar-refractivity contribution is 0.553. The SMILES string of the molecule is Cc1cc(F)c(Br)cc1NC(c1cccs1)C(C)C. The highest BCUT2D eigenvalue weighted by molar-refractivity contribution is 9.10. The van der Waals surface area contributed by atoms with Crippen LogP contribution in [0.1, 0.15) is 30.3 Å². The molecule has 1 atom stereocenters. The lowest BCUT2D eigenvalue weighted by atomic mass is 10.0. The lowest BCUT2D eigenvalue weighted by Gasteiger charge is -2.24. The van der Waals surface area contributed by atoms with Gasteiger partial charge in [-0.25, -0.2) is 4.39 Å². The molecule has 2 aromatic rings. The van der Waals surface area contributed by atoms with E-state index in [1.54, 1.807) is 17.4 Å². The van der Waals surface area contributed by atoms with Gasteiger partial charge in [-0.2, -0.15) is 0 Å². The van der Waals surface area contributed by atoms with Crippen LogP contribution in [0.15, 0.2) is 34.1 Å². The van der Waals surface area contributed by atoms with Crippen molar-refractivity contribution in [1.29, 1.82) is 0 Å². The van der Waals surface area contributed by atoms with Crippen molar-refractivity contribution in [2.24, 2.45) is 5.92 Å². The minimum atomic E-state index is -0.222. The largest absolute Gasteiger partial charge is 0.377 e. The Kier molecular flexibility index (Phi) is 4.63. The van der Waals surface area contributed by atoms with Crippen molar-refractivity contribution < 1.29 is 4.39 Å². The molecule has 0 aliphatic rings. The molecule has 0 aliphatic carbocycles.